The predicted octanol–water partition coefficient (Wildman–Crippen LogP) is 4.15. The van der Waals surface area contributed by atoms with Crippen molar-refractivity contribution >= 4 is 45.8 Å². The number of carbonyl (C=O) groups excluding carboxylic acids is 3. The van der Waals surface area contributed by atoms with Crippen LogP contribution in [0.1, 0.15) is 23.0 Å². The molecule has 32 heavy (non-hydrogen) atoms. The number of amides is 3. The van der Waals surface area contributed by atoms with Crippen molar-refractivity contribution in [2.24, 2.45) is 0 Å². The van der Waals surface area contributed by atoms with Gasteiger partial charge in [0.2, 0.25) is 5.91 Å². The van der Waals surface area contributed by atoms with Crippen molar-refractivity contribution in [3.63, 3.8) is 0 Å². The van der Waals surface area contributed by atoms with Crippen molar-refractivity contribution in [3.8, 4) is 5.75 Å². The molecule has 0 radical (unpaired) electrons. The molecule has 1 aromatic heterocycles. The SMILES string of the molecule is CCOC(=O)c1ccc(NC(=O)Cc2csc(NC(=O)Nc3ccccc3OC)n2)cc1. The molecule has 0 fully saturated rings. The van der Waals surface area contributed by atoms with Gasteiger partial charge in [-0.25, -0.2) is 14.6 Å². The Morgan fingerprint density at radius 1 is 1.00 bits per heavy atom. The zero-order valence-corrected chi connectivity index (χ0v) is 18.3. The van der Waals surface area contributed by atoms with Crippen LogP contribution in [0.2, 0.25) is 0 Å². The van der Waals surface area contributed by atoms with Gasteiger partial charge in [0.1, 0.15) is 5.75 Å². The molecule has 0 unspecified atom stereocenters. The minimum absolute atomic E-state index is 0.0337. The largest absolute Gasteiger partial charge is 0.495 e. The first-order valence-corrected chi connectivity index (χ1v) is 10.6. The van der Waals surface area contributed by atoms with Crippen LogP contribution in [-0.2, 0) is 16.0 Å². The summed E-state index contributed by atoms with van der Waals surface area (Å²) in [5.74, 6) is -0.152. The highest BCUT2D eigenvalue weighted by Crippen LogP contribution is 2.23. The highest BCUT2D eigenvalue weighted by atomic mass is 32.1. The number of rotatable bonds is 8. The Bertz CT molecular complexity index is 1100. The van der Waals surface area contributed by atoms with Gasteiger partial charge < -0.3 is 20.1 Å². The van der Waals surface area contributed by atoms with Crippen molar-refractivity contribution in [2.75, 3.05) is 29.7 Å². The summed E-state index contributed by atoms with van der Waals surface area (Å²) in [7, 11) is 1.52. The number of aromatic nitrogens is 1. The number of urea groups is 1. The van der Waals surface area contributed by atoms with Crippen molar-refractivity contribution in [3.05, 3.63) is 65.2 Å². The molecule has 0 saturated heterocycles. The molecule has 0 aliphatic carbocycles. The topological polar surface area (TPSA) is 119 Å². The van der Waals surface area contributed by atoms with Crippen LogP contribution < -0.4 is 20.7 Å². The van der Waals surface area contributed by atoms with Gasteiger partial charge in [-0.2, -0.15) is 0 Å². The summed E-state index contributed by atoms with van der Waals surface area (Å²) in [5, 5.41) is 10.1. The number of methoxy groups -OCH3 is 1. The number of ether oxygens (including phenoxy) is 2. The lowest BCUT2D eigenvalue weighted by atomic mass is 10.2. The Morgan fingerprint density at radius 2 is 1.75 bits per heavy atom. The van der Waals surface area contributed by atoms with Crippen LogP contribution >= 0.6 is 11.3 Å². The van der Waals surface area contributed by atoms with E-state index in [9.17, 15) is 14.4 Å². The Balaban J connectivity index is 1.51. The molecule has 3 N–H and O–H groups in total. The first-order valence-electron chi connectivity index (χ1n) is 9.71. The third-order valence-corrected chi connectivity index (χ3v) is 4.96. The highest BCUT2D eigenvalue weighted by Gasteiger charge is 2.12. The van der Waals surface area contributed by atoms with Gasteiger partial charge in [0.05, 0.1) is 37.1 Å². The molecule has 3 aromatic rings. The maximum Gasteiger partial charge on any atom is 0.338 e. The Labute approximate surface area is 188 Å². The molecule has 0 atom stereocenters. The van der Waals surface area contributed by atoms with E-state index in [-0.39, 0.29) is 12.3 Å². The fraction of sp³-hybridized carbons (Fsp3) is 0.182. The minimum Gasteiger partial charge on any atom is -0.495 e. The van der Waals surface area contributed by atoms with Gasteiger partial charge in [0.15, 0.2) is 5.13 Å². The number of nitrogens with one attached hydrogen (secondary N) is 3. The number of anilines is 3. The van der Waals surface area contributed by atoms with Crippen molar-refractivity contribution < 1.29 is 23.9 Å². The molecule has 3 rings (SSSR count). The lowest BCUT2D eigenvalue weighted by molar-refractivity contribution is -0.115. The molecular formula is C22H22N4O5S. The first-order chi connectivity index (χ1) is 15.5. The molecule has 10 heteroatoms. The summed E-state index contributed by atoms with van der Waals surface area (Å²) in [6, 6.07) is 13.0. The third kappa shape index (κ3) is 6.29. The normalized spacial score (nSPS) is 10.2. The molecule has 0 spiro atoms. The van der Waals surface area contributed by atoms with Crippen LogP contribution in [0.25, 0.3) is 0 Å². The smallest absolute Gasteiger partial charge is 0.338 e. The molecule has 2 aromatic carbocycles. The number of para-hydroxylation sites is 2. The van der Waals surface area contributed by atoms with Gasteiger partial charge in [0, 0.05) is 11.1 Å². The monoisotopic (exact) mass is 454 g/mol. The van der Waals surface area contributed by atoms with Gasteiger partial charge in [0.25, 0.3) is 0 Å². The van der Waals surface area contributed by atoms with E-state index >= 15 is 0 Å². The molecule has 9 nitrogen and oxygen atoms in total. The summed E-state index contributed by atoms with van der Waals surface area (Å²) in [4.78, 5) is 40.5. The maximum absolute atomic E-state index is 12.3. The zero-order chi connectivity index (χ0) is 22.9. The third-order valence-electron chi connectivity index (χ3n) is 4.15. The quantitative estimate of drug-likeness (QED) is 0.440. The fourth-order valence-corrected chi connectivity index (χ4v) is 3.42. The van der Waals surface area contributed by atoms with Crippen molar-refractivity contribution in [1.29, 1.82) is 0 Å². The molecule has 0 aliphatic heterocycles. The average molecular weight is 455 g/mol. The second-order valence-electron chi connectivity index (χ2n) is 6.45. The van der Waals surface area contributed by atoms with Gasteiger partial charge >= 0.3 is 12.0 Å². The van der Waals surface area contributed by atoms with E-state index in [0.29, 0.717) is 40.1 Å². The summed E-state index contributed by atoms with van der Waals surface area (Å²) in [6.45, 7) is 2.03. The van der Waals surface area contributed by atoms with E-state index in [1.54, 1.807) is 60.8 Å². The molecule has 0 bridgehead atoms. The predicted molar refractivity (Wildman–Crippen MR) is 122 cm³/mol. The molecule has 3 amide bonds. The molecule has 0 aliphatic rings. The van der Waals surface area contributed by atoms with E-state index < -0.39 is 12.0 Å². The van der Waals surface area contributed by atoms with E-state index in [0.717, 1.165) is 0 Å². The van der Waals surface area contributed by atoms with Gasteiger partial charge in [-0.15, -0.1) is 11.3 Å². The van der Waals surface area contributed by atoms with Crippen LogP contribution in [0.4, 0.5) is 21.3 Å². The van der Waals surface area contributed by atoms with E-state index in [1.807, 2.05) is 0 Å². The second-order valence-corrected chi connectivity index (χ2v) is 7.30. The van der Waals surface area contributed by atoms with E-state index in [2.05, 4.69) is 20.9 Å². The minimum atomic E-state index is -0.471. The van der Waals surface area contributed by atoms with Crippen LogP contribution in [0, 0.1) is 0 Å². The number of esters is 1. The molecular weight excluding hydrogens is 432 g/mol. The van der Waals surface area contributed by atoms with Gasteiger partial charge in [-0.3, -0.25) is 10.1 Å². The number of nitrogens with zero attached hydrogens (tertiary/aromatic N) is 1. The van der Waals surface area contributed by atoms with E-state index in [4.69, 9.17) is 9.47 Å². The average Bonchev–Trinajstić information content (AvgIpc) is 3.21. The van der Waals surface area contributed by atoms with Crippen LogP contribution in [0.5, 0.6) is 5.75 Å². The zero-order valence-electron chi connectivity index (χ0n) is 17.5. The lowest BCUT2D eigenvalue weighted by Gasteiger charge is -2.09. The lowest BCUT2D eigenvalue weighted by Crippen LogP contribution is -2.20. The second kappa shape index (κ2) is 10.9. The number of carbonyl (C=O) groups is 3. The first kappa shape index (κ1) is 22.8. The van der Waals surface area contributed by atoms with Crippen LogP contribution in [0.15, 0.2) is 53.9 Å². The number of hydrogen-bond acceptors (Lipinski definition) is 7. The summed E-state index contributed by atoms with van der Waals surface area (Å²) >= 11 is 1.21. The molecule has 166 valence electrons. The van der Waals surface area contributed by atoms with Gasteiger partial charge in [-0.1, -0.05) is 12.1 Å². The number of hydrogen-bond donors (Lipinski definition) is 3. The number of benzene rings is 2. The van der Waals surface area contributed by atoms with E-state index in [1.165, 1.54) is 18.4 Å². The summed E-state index contributed by atoms with van der Waals surface area (Å²) in [5.41, 5.74) is 2.00. The Kier molecular flexibility index (Phi) is 7.76. The highest BCUT2D eigenvalue weighted by molar-refractivity contribution is 7.14. The summed E-state index contributed by atoms with van der Waals surface area (Å²) in [6.07, 6.45) is 0.0337. The standard InChI is InChI=1S/C22H22N4O5S/c1-3-31-20(28)14-8-10-15(11-9-14)23-19(27)12-16-13-32-22(24-16)26-21(29)25-17-6-4-5-7-18(17)30-2/h4-11,13H,3,12H2,1-2H3,(H,23,27)(H2,24,25,26,29). The van der Waals surface area contributed by atoms with Crippen LogP contribution in [-0.4, -0.2) is 36.6 Å². The Morgan fingerprint density at radius 3 is 2.47 bits per heavy atom. The maximum atomic E-state index is 12.3. The van der Waals surface area contributed by atoms with Gasteiger partial charge in [-0.05, 0) is 43.3 Å². The van der Waals surface area contributed by atoms with Crippen molar-refractivity contribution in [2.45, 2.75) is 13.3 Å². The van der Waals surface area contributed by atoms with Crippen LogP contribution in [0.3, 0.4) is 0 Å². The number of thiazole rings is 1. The Hall–Kier alpha value is -3.92. The molecule has 0 saturated carbocycles. The van der Waals surface area contributed by atoms with Crippen molar-refractivity contribution in [1.82, 2.24) is 4.98 Å². The fourth-order valence-electron chi connectivity index (χ4n) is 2.72. The summed E-state index contributed by atoms with van der Waals surface area (Å²) < 4.78 is 10.1. The molecule has 1 heterocycles.